The lowest BCUT2D eigenvalue weighted by Gasteiger charge is -2.19. The largest absolute Gasteiger partial charge is 0.374 e. The van der Waals surface area contributed by atoms with Crippen LogP contribution in [0.15, 0.2) is 22.7 Å². The zero-order chi connectivity index (χ0) is 15.7. The first-order valence-corrected chi connectivity index (χ1v) is 7.59. The molecule has 2 aromatic rings. The molecule has 0 aliphatic carbocycles. The molecule has 2 heterocycles. The zero-order valence-electron chi connectivity index (χ0n) is 12.5. The summed E-state index contributed by atoms with van der Waals surface area (Å²) in [4.78, 5) is 17.7. The number of anilines is 2. The Bertz CT molecular complexity index is 701. The Morgan fingerprint density at radius 1 is 1.45 bits per heavy atom. The number of rotatable bonds is 4. The summed E-state index contributed by atoms with van der Waals surface area (Å²) in [5, 5.41) is 7.58. The van der Waals surface area contributed by atoms with Crippen LogP contribution in [-0.4, -0.2) is 22.6 Å². The summed E-state index contributed by atoms with van der Waals surface area (Å²) < 4.78 is 5.14. The molecule has 22 heavy (non-hydrogen) atoms. The monoisotopic (exact) mass is 320 g/mol. The van der Waals surface area contributed by atoms with E-state index in [1.54, 1.807) is 11.8 Å². The van der Waals surface area contributed by atoms with Crippen LogP contribution in [0.3, 0.4) is 0 Å². The summed E-state index contributed by atoms with van der Waals surface area (Å²) in [6, 6.07) is 5.44. The maximum absolute atomic E-state index is 11.8. The minimum atomic E-state index is -0.128. The number of hydrogen-bond acceptors (Lipinski definition) is 5. The van der Waals surface area contributed by atoms with E-state index in [1.165, 1.54) is 0 Å². The smallest absolute Gasteiger partial charge is 0.248 e. The molecule has 1 fully saturated rings. The fourth-order valence-electron chi connectivity index (χ4n) is 2.52. The first-order valence-electron chi connectivity index (χ1n) is 7.21. The van der Waals surface area contributed by atoms with Gasteiger partial charge in [-0.3, -0.25) is 4.79 Å². The Hall–Kier alpha value is -2.08. The number of hydrogen-bond donors (Lipinski definition) is 1. The zero-order valence-corrected chi connectivity index (χ0v) is 13.2. The number of halogens is 1. The molecule has 0 radical (unpaired) electrons. The molecule has 1 saturated heterocycles. The fraction of sp³-hybridized carbons (Fsp3) is 0.400. The quantitative estimate of drug-likeness (QED) is 0.935. The third-order valence-corrected chi connectivity index (χ3v) is 3.91. The van der Waals surface area contributed by atoms with Gasteiger partial charge in [0, 0.05) is 18.7 Å². The number of aromatic nitrogens is 2. The average molecular weight is 321 g/mol. The van der Waals surface area contributed by atoms with E-state index in [0.717, 1.165) is 24.3 Å². The summed E-state index contributed by atoms with van der Waals surface area (Å²) >= 11 is 6.32. The molecule has 7 heteroatoms. The number of carbonyl (C=O) groups is 1. The second kappa shape index (κ2) is 5.96. The number of amides is 1. The summed E-state index contributed by atoms with van der Waals surface area (Å²) in [5.41, 5.74) is 1.60. The van der Waals surface area contributed by atoms with Crippen molar-refractivity contribution in [1.82, 2.24) is 10.1 Å². The molecular weight excluding hydrogens is 304 g/mol. The van der Waals surface area contributed by atoms with Crippen LogP contribution < -0.4 is 10.2 Å². The van der Waals surface area contributed by atoms with Gasteiger partial charge in [0.15, 0.2) is 5.82 Å². The van der Waals surface area contributed by atoms with Crippen LogP contribution in [0.1, 0.15) is 37.5 Å². The van der Waals surface area contributed by atoms with Crippen molar-refractivity contribution in [3.05, 3.63) is 34.9 Å². The van der Waals surface area contributed by atoms with Crippen molar-refractivity contribution in [1.29, 1.82) is 0 Å². The van der Waals surface area contributed by atoms with Crippen LogP contribution in [-0.2, 0) is 4.79 Å². The molecule has 0 unspecified atom stereocenters. The van der Waals surface area contributed by atoms with Crippen LogP contribution in [0.2, 0.25) is 5.02 Å². The molecule has 6 nitrogen and oxygen atoms in total. The van der Waals surface area contributed by atoms with Crippen molar-refractivity contribution in [2.24, 2.45) is 0 Å². The molecule has 1 N–H and O–H groups in total. The molecule has 0 bridgehead atoms. The maximum Gasteiger partial charge on any atom is 0.248 e. The highest BCUT2D eigenvalue weighted by atomic mass is 35.5. The van der Waals surface area contributed by atoms with Crippen LogP contribution in [0.25, 0.3) is 0 Å². The molecule has 1 aromatic carbocycles. The van der Waals surface area contributed by atoms with Gasteiger partial charge >= 0.3 is 0 Å². The van der Waals surface area contributed by atoms with Crippen LogP contribution in [0.4, 0.5) is 11.4 Å². The third kappa shape index (κ3) is 2.92. The maximum atomic E-state index is 11.8. The van der Waals surface area contributed by atoms with Gasteiger partial charge in [0.1, 0.15) is 6.04 Å². The van der Waals surface area contributed by atoms with Gasteiger partial charge in [-0.05, 0) is 38.5 Å². The Kier molecular flexibility index (Phi) is 4.02. The minimum absolute atomic E-state index is 0.123. The Morgan fingerprint density at radius 3 is 2.86 bits per heavy atom. The number of nitrogens with zero attached hydrogens (tertiary/aromatic N) is 3. The van der Waals surface area contributed by atoms with Gasteiger partial charge in [-0.1, -0.05) is 16.8 Å². The summed E-state index contributed by atoms with van der Waals surface area (Å²) in [6.45, 7) is 4.43. The molecule has 1 atom stereocenters. The second-order valence-electron chi connectivity index (χ2n) is 5.36. The average Bonchev–Trinajstić information content (AvgIpc) is 3.08. The first-order chi connectivity index (χ1) is 10.5. The Balaban J connectivity index is 1.75. The minimum Gasteiger partial charge on any atom is -0.374 e. The number of nitrogens with one attached hydrogen (secondary N) is 1. The predicted molar refractivity (Wildman–Crippen MR) is 84.1 cm³/mol. The summed E-state index contributed by atoms with van der Waals surface area (Å²) in [6.07, 6.45) is 1.46. The number of carbonyl (C=O) groups excluding carboxylic acids is 1. The van der Waals surface area contributed by atoms with Crippen LogP contribution >= 0.6 is 11.6 Å². The standard InChI is InChI=1S/C15H17ClN4O2/c1-9(15-18-10(2)19-22-15)17-11-5-6-13(12(16)8-11)20-7-3-4-14(20)21/h5-6,8-9,17H,3-4,7H2,1-2H3/t9-/m1/s1. The first kappa shape index (κ1) is 14.8. The van der Waals surface area contributed by atoms with Crippen molar-refractivity contribution in [3.8, 4) is 0 Å². The number of aryl methyl sites for hydroxylation is 1. The number of benzene rings is 1. The van der Waals surface area contributed by atoms with Crippen LogP contribution in [0, 0.1) is 6.92 Å². The normalized spacial score (nSPS) is 16.1. The highest BCUT2D eigenvalue weighted by Gasteiger charge is 2.23. The van der Waals surface area contributed by atoms with E-state index in [2.05, 4.69) is 15.5 Å². The van der Waals surface area contributed by atoms with E-state index in [1.807, 2.05) is 25.1 Å². The topological polar surface area (TPSA) is 71.3 Å². The van der Waals surface area contributed by atoms with Gasteiger partial charge < -0.3 is 14.7 Å². The van der Waals surface area contributed by atoms with Crippen molar-refractivity contribution in [3.63, 3.8) is 0 Å². The van der Waals surface area contributed by atoms with Crippen molar-refractivity contribution >= 4 is 28.9 Å². The van der Waals surface area contributed by atoms with E-state index >= 15 is 0 Å². The molecule has 116 valence electrons. The highest BCUT2D eigenvalue weighted by Crippen LogP contribution is 2.32. The van der Waals surface area contributed by atoms with Crippen molar-refractivity contribution in [2.45, 2.75) is 32.7 Å². The molecule has 1 aromatic heterocycles. The molecule has 0 spiro atoms. The summed E-state index contributed by atoms with van der Waals surface area (Å²) in [5.74, 6) is 1.24. The van der Waals surface area contributed by atoms with Gasteiger partial charge in [0.25, 0.3) is 0 Å². The molecule has 1 amide bonds. The second-order valence-corrected chi connectivity index (χ2v) is 5.77. The third-order valence-electron chi connectivity index (χ3n) is 3.61. The van der Waals surface area contributed by atoms with Gasteiger partial charge in [-0.2, -0.15) is 4.98 Å². The van der Waals surface area contributed by atoms with Crippen LogP contribution in [0.5, 0.6) is 0 Å². The Morgan fingerprint density at radius 2 is 2.27 bits per heavy atom. The van der Waals surface area contributed by atoms with E-state index in [9.17, 15) is 4.79 Å². The molecule has 0 saturated carbocycles. The highest BCUT2D eigenvalue weighted by molar-refractivity contribution is 6.34. The lowest BCUT2D eigenvalue weighted by Crippen LogP contribution is -2.24. The lowest BCUT2D eigenvalue weighted by atomic mass is 10.2. The van der Waals surface area contributed by atoms with E-state index in [0.29, 0.717) is 23.2 Å². The fourth-order valence-corrected chi connectivity index (χ4v) is 2.80. The lowest BCUT2D eigenvalue weighted by molar-refractivity contribution is -0.117. The molecule has 1 aliphatic rings. The molecular formula is C15H17ClN4O2. The summed E-state index contributed by atoms with van der Waals surface area (Å²) in [7, 11) is 0. The van der Waals surface area contributed by atoms with Crippen molar-refractivity contribution in [2.75, 3.05) is 16.8 Å². The molecule has 3 rings (SSSR count). The molecule has 1 aliphatic heterocycles. The Labute approximate surface area is 133 Å². The van der Waals surface area contributed by atoms with E-state index < -0.39 is 0 Å². The predicted octanol–water partition coefficient (Wildman–Crippen LogP) is 3.33. The van der Waals surface area contributed by atoms with Gasteiger partial charge in [-0.15, -0.1) is 0 Å². The van der Waals surface area contributed by atoms with Gasteiger partial charge in [0.05, 0.1) is 10.7 Å². The van der Waals surface area contributed by atoms with E-state index in [4.69, 9.17) is 16.1 Å². The van der Waals surface area contributed by atoms with Gasteiger partial charge in [-0.25, -0.2) is 0 Å². The SMILES string of the molecule is Cc1noc([C@@H](C)Nc2ccc(N3CCCC3=O)c(Cl)c2)n1. The van der Waals surface area contributed by atoms with Crippen molar-refractivity contribution < 1.29 is 9.32 Å². The van der Waals surface area contributed by atoms with E-state index in [-0.39, 0.29) is 11.9 Å². The van der Waals surface area contributed by atoms with Gasteiger partial charge in [0.2, 0.25) is 11.8 Å².